The first-order valence-corrected chi connectivity index (χ1v) is 8.90. The normalized spacial score (nSPS) is 19.9. The van der Waals surface area contributed by atoms with Crippen LogP contribution in [0.3, 0.4) is 0 Å². The molecular formula is C16H16ClF3N2O2S. The highest BCUT2D eigenvalue weighted by Crippen LogP contribution is 2.35. The number of alkyl halides is 3. The summed E-state index contributed by atoms with van der Waals surface area (Å²) in [5, 5.41) is 12.2. The van der Waals surface area contributed by atoms with Gasteiger partial charge in [-0.25, -0.2) is 4.98 Å². The lowest BCUT2D eigenvalue weighted by Crippen LogP contribution is -2.46. The number of aromatic nitrogens is 1. The molecule has 1 N–H and O–H groups in total. The number of aliphatic hydroxyl groups excluding tert-OH is 1. The number of hydrogen-bond donors (Lipinski definition) is 1. The van der Waals surface area contributed by atoms with Crippen molar-refractivity contribution in [3.63, 3.8) is 0 Å². The van der Waals surface area contributed by atoms with Crippen molar-refractivity contribution in [1.82, 2.24) is 4.98 Å². The predicted molar refractivity (Wildman–Crippen MR) is 90.1 cm³/mol. The molecule has 3 heterocycles. The predicted octanol–water partition coefficient (Wildman–Crippen LogP) is 4.14. The number of anilines is 1. The van der Waals surface area contributed by atoms with Gasteiger partial charge in [0.2, 0.25) is 0 Å². The van der Waals surface area contributed by atoms with E-state index < -0.39 is 17.8 Å². The number of ether oxygens (including phenoxy) is 1. The highest BCUT2D eigenvalue weighted by atomic mass is 35.5. The van der Waals surface area contributed by atoms with E-state index >= 15 is 0 Å². The van der Waals surface area contributed by atoms with Gasteiger partial charge >= 0.3 is 6.18 Å². The maximum absolute atomic E-state index is 12.8. The third-order valence-electron chi connectivity index (χ3n) is 4.02. The van der Waals surface area contributed by atoms with Crippen molar-refractivity contribution in [1.29, 1.82) is 0 Å². The fourth-order valence-electron chi connectivity index (χ4n) is 2.78. The first-order chi connectivity index (χ1) is 11.9. The summed E-state index contributed by atoms with van der Waals surface area (Å²) >= 11 is 7.51. The molecule has 2 aromatic heterocycles. The molecule has 0 aromatic carbocycles. The Morgan fingerprint density at radius 1 is 1.48 bits per heavy atom. The van der Waals surface area contributed by atoms with Crippen LogP contribution >= 0.6 is 22.9 Å². The Hall–Kier alpha value is -1.35. The number of morpholine rings is 1. The zero-order valence-corrected chi connectivity index (χ0v) is 14.6. The van der Waals surface area contributed by atoms with Gasteiger partial charge in [-0.1, -0.05) is 17.7 Å². The second-order valence-electron chi connectivity index (χ2n) is 5.72. The Labute approximate surface area is 151 Å². The van der Waals surface area contributed by atoms with Crippen LogP contribution in [0.25, 0.3) is 0 Å². The molecule has 1 fully saturated rings. The van der Waals surface area contributed by atoms with Crippen LogP contribution in [0.4, 0.5) is 19.0 Å². The largest absolute Gasteiger partial charge is 0.417 e. The van der Waals surface area contributed by atoms with E-state index in [9.17, 15) is 18.3 Å². The average molecular weight is 393 g/mol. The first-order valence-electron chi connectivity index (χ1n) is 7.65. The van der Waals surface area contributed by atoms with E-state index in [0.29, 0.717) is 26.2 Å². The minimum atomic E-state index is -4.49. The molecule has 136 valence electrons. The maximum atomic E-state index is 12.8. The maximum Gasteiger partial charge on any atom is 0.417 e. The van der Waals surface area contributed by atoms with Crippen LogP contribution in [-0.4, -0.2) is 35.9 Å². The number of pyridine rings is 1. The summed E-state index contributed by atoms with van der Waals surface area (Å²) in [5.74, 6) is 0.279. The molecule has 9 heteroatoms. The van der Waals surface area contributed by atoms with Crippen molar-refractivity contribution in [3.05, 3.63) is 45.2 Å². The Morgan fingerprint density at radius 2 is 2.28 bits per heavy atom. The Morgan fingerprint density at radius 3 is 2.92 bits per heavy atom. The molecule has 3 rings (SSSR count). The smallest absolute Gasteiger partial charge is 0.387 e. The van der Waals surface area contributed by atoms with Gasteiger partial charge in [0.1, 0.15) is 5.82 Å². The standard InChI is InChI=1S/C16H16ClF3N2O2S/c17-12-6-10(16(18,19)20)8-21-15(12)22-3-4-24-9-11(22)7-13(23)14-2-1-5-25-14/h1-2,5-6,8,11,13,23H,3-4,7,9H2. The van der Waals surface area contributed by atoms with Gasteiger partial charge in [-0.3, -0.25) is 0 Å². The van der Waals surface area contributed by atoms with E-state index in [1.54, 1.807) is 0 Å². The molecule has 0 aliphatic carbocycles. The van der Waals surface area contributed by atoms with Crippen LogP contribution in [0.1, 0.15) is 23.0 Å². The lowest BCUT2D eigenvalue weighted by Gasteiger charge is -2.37. The molecule has 1 aliphatic rings. The highest BCUT2D eigenvalue weighted by Gasteiger charge is 2.33. The van der Waals surface area contributed by atoms with Gasteiger partial charge in [-0.15, -0.1) is 11.3 Å². The summed E-state index contributed by atoms with van der Waals surface area (Å²) in [5.41, 5.74) is -0.885. The zero-order chi connectivity index (χ0) is 18.0. The van der Waals surface area contributed by atoms with E-state index in [1.807, 2.05) is 22.4 Å². The van der Waals surface area contributed by atoms with Crippen molar-refractivity contribution in [2.75, 3.05) is 24.7 Å². The van der Waals surface area contributed by atoms with E-state index in [4.69, 9.17) is 16.3 Å². The number of aliphatic hydroxyl groups is 1. The molecule has 0 radical (unpaired) electrons. The minimum Gasteiger partial charge on any atom is -0.387 e. The van der Waals surface area contributed by atoms with Crippen LogP contribution in [0.2, 0.25) is 5.02 Å². The zero-order valence-electron chi connectivity index (χ0n) is 13.0. The van der Waals surface area contributed by atoms with E-state index in [-0.39, 0.29) is 16.9 Å². The second kappa shape index (κ2) is 7.49. The summed E-state index contributed by atoms with van der Waals surface area (Å²) in [6.45, 7) is 1.21. The SMILES string of the molecule is OC(CC1COCCN1c1ncc(C(F)(F)F)cc1Cl)c1cccs1. The quantitative estimate of drug-likeness (QED) is 0.849. The van der Waals surface area contributed by atoms with Crippen molar-refractivity contribution < 1.29 is 23.0 Å². The van der Waals surface area contributed by atoms with Gasteiger partial charge < -0.3 is 14.7 Å². The van der Waals surface area contributed by atoms with Gasteiger partial charge in [0.05, 0.1) is 35.9 Å². The molecule has 0 bridgehead atoms. The lowest BCUT2D eigenvalue weighted by molar-refractivity contribution is -0.137. The van der Waals surface area contributed by atoms with E-state index in [1.165, 1.54) is 11.3 Å². The molecule has 1 aliphatic heterocycles. The van der Waals surface area contributed by atoms with Crippen LogP contribution in [0.15, 0.2) is 29.8 Å². The number of halogens is 4. The molecule has 2 unspecified atom stereocenters. The van der Waals surface area contributed by atoms with E-state index in [2.05, 4.69) is 4.98 Å². The topological polar surface area (TPSA) is 45.6 Å². The number of nitrogens with zero attached hydrogens (tertiary/aromatic N) is 2. The molecule has 0 spiro atoms. The van der Waals surface area contributed by atoms with Crippen molar-refractivity contribution in [2.45, 2.75) is 24.7 Å². The molecule has 2 atom stereocenters. The Bertz CT molecular complexity index is 712. The monoisotopic (exact) mass is 392 g/mol. The molecule has 0 saturated carbocycles. The summed E-state index contributed by atoms with van der Waals surface area (Å²) < 4.78 is 43.8. The number of hydrogen-bond acceptors (Lipinski definition) is 5. The van der Waals surface area contributed by atoms with Crippen molar-refractivity contribution in [3.8, 4) is 0 Å². The van der Waals surface area contributed by atoms with Gasteiger partial charge in [0.15, 0.2) is 0 Å². The number of rotatable bonds is 4. The average Bonchev–Trinajstić information content (AvgIpc) is 3.09. The van der Waals surface area contributed by atoms with Crippen LogP contribution in [-0.2, 0) is 10.9 Å². The lowest BCUT2D eigenvalue weighted by atomic mass is 10.1. The van der Waals surface area contributed by atoms with Crippen LogP contribution in [0, 0.1) is 0 Å². The third kappa shape index (κ3) is 4.25. The molecule has 4 nitrogen and oxygen atoms in total. The second-order valence-corrected chi connectivity index (χ2v) is 7.10. The fourth-order valence-corrected chi connectivity index (χ4v) is 3.78. The van der Waals surface area contributed by atoms with Gasteiger partial charge in [-0.2, -0.15) is 13.2 Å². The summed E-state index contributed by atoms with van der Waals surface area (Å²) in [6.07, 6.45) is -4.01. The molecular weight excluding hydrogens is 377 g/mol. The van der Waals surface area contributed by atoms with Crippen molar-refractivity contribution >= 4 is 28.8 Å². The first kappa shape index (κ1) is 18.4. The Kier molecular flexibility index (Phi) is 5.52. The third-order valence-corrected chi connectivity index (χ3v) is 5.27. The molecule has 1 saturated heterocycles. The fraction of sp³-hybridized carbons (Fsp3) is 0.438. The molecule has 2 aromatic rings. The van der Waals surface area contributed by atoms with Gasteiger partial charge in [0, 0.05) is 24.0 Å². The number of thiophene rings is 1. The molecule has 0 amide bonds. The van der Waals surface area contributed by atoms with Crippen molar-refractivity contribution in [2.24, 2.45) is 0 Å². The minimum absolute atomic E-state index is 0.0626. The highest BCUT2D eigenvalue weighted by molar-refractivity contribution is 7.10. The van der Waals surface area contributed by atoms with Gasteiger partial charge in [-0.05, 0) is 17.5 Å². The van der Waals surface area contributed by atoms with Crippen LogP contribution < -0.4 is 4.90 Å². The summed E-state index contributed by atoms with van der Waals surface area (Å²) in [6, 6.07) is 4.35. The van der Waals surface area contributed by atoms with E-state index in [0.717, 1.165) is 17.1 Å². The Balaban J connectivity index is 1.81. The summed E-state index contributed by atoms with van der Waals surface area (Å²) in [4.78, 5) is 6.57. The summed E-state index contributed by atoms with van der Waals surface area (Å²) in [7, 11) is 0. The molecule has 25 heavy (non-hydrogen) atoms. The van der Waals surface area contributed by atoms with Crippen LogP contribution in [0.5, 0.6) is 0 Å². The van der Waals surface area contributed by atoms with Gasteiger partial charge in [0.25, 0.3) is 0 Å².